The van der Waals surface area contributed by atoms with Gasteiger partial charge in [-0.25, -0.2) is 23.1 Å². The number of alkyl halides is 1. The van der Waals surface area contributed by atoms with Crippen molar-refractivity contribution in [2.45, 2.75) is 102 Å². The summed E-state index contributed by atoms with van der Waals surface area (Å²) in [4.78, 5) is 46.2. The van der Waals surface area contributed by atoms with Crippen LogP contribution in [0.1, 0.15) is 95.2 Å². The van der Waals surface area contributed by atoms with E-state index < -0.39 is 40.2 Å². The number of halogens is 4. The van der Waals surface area contributed by atoms with E-state index in [0.29, 0.717) is 40.8 Å². The van der Waals surface area contributed by atoms with Crippen molar-refractivity contribution >= 4 is 51.6 Å². The number of aromatic nitrogens is 4. The number of hydrogen-bond donors (Lipinski definition) is 2. The number of amides is 2. The SMILES string of the molecule is CC(C)n1cnc2cc(-c3cnc4c(c3)N([C@H]3C[C@@](C)(N5CCC6C[C@H]6C5)C3)C(=O)C4(C)C)nc(Nc3cc(C(=O)NC4(CF)CC4)c(Cl)c(F)c3F)c21. The van der Waals surface area contributed by atoms with Gasteiger partial charge in [0.15, 0.2) is 17.5 Å². The van der Waals surface area contributed by atoms with Crippen LogP contribution in [0, 0.1) is 23.5 Å². The Hall–Kier alpha value is -4.23. The summed E-state index contributed by atoms with van der Waals surface area (Å²) in [6.07, 6.45) is 8.60. The molecule has 5 aliphatic rings. The lowest BCUT2D eigenvalue weighted by Gasteiger charge is -2.55. The van der Waals surface area contributed by atoms with Gasteiger partial charge in [0.25, 0.3) is 5.91 Å². The Labute approximate surface area is 316 Å². The lowest BCUT2D eigenvalue weighted by Crippen LogP contribution is -2.64. The van der Waals surface area contributed by atoms with Gasteiger partial charge in [0.1, 0.15) is 12.2 Å². The molecule has 3 aliphatic carbocycles. The van der Waals surface area contributed by atoms with Crippen LogP contribution < -0.4 is 15.5 Å². The molecule has 1 aromatic carbocycles. The zero-order valence-electron chi connectivity index (χ0n) is 31.1. The van der Waals surface area contributed by atoms with Crippen LogP contribution in [-0.4, -0.2) is 73.1 Å². The van der Waals surface area contributed by atoms with E-state index in [1.807, 2.05) is 43.2 Å². The van der Waals surface area contributed by atoms with E-state index in [-0.39, 0.29) is 40.6 Å². The number of carbonyl (C=O) groups is 2. The molecule has 3 aromatic heterocycles. The molecule has 4 aromatic rings. The molecule has 2 atom stereocenters. The summed E-state index contributed by atoms with van der Waals surface area (Å²) >= 11 is 6.13. The summed E-state index contributed by atoms with van der Waals surface area (Å²) in [6.45, 7) is 11.6. The Morgan fingerprint density at radius 3 is 2.52 bits per heavy atom. The van der Waals surface area contributed by atoms with Gasteiger partial charge in [-0.1, -0.05) is 11.6 Å². The maximum atomic E-state index is 15.6. The average Bonchev–Trinajstić information content (AvgIpc) is 4.04. The second-order valence-corrected chi connectivity index (χ2v) is 17.7. The second-order valence-electron chi connectivity index (χ2n) is 17.3. The molecular weight excluding hydrogens is 717 g/mol. The average molecular weight is 761 g/mol. The topological polar surface area (TPSA) is 108 Å². The largest absolute Gasteiger partial charge is 0.344 e. The number of pyridine rings is 2. The van der Waals surface area contributed by atoms with E-state index in [4.69, 9.17) is 21.6 Å². The maximum absolute atomic E-state index is 15.6. The molecule has 3 saturated carbocycles. The number of anilines is 3. The monoisotopic (exact) mass is 760 g/mol. The van der Waals surface area contributed by atoms with Crippen LogP contribution in [0.15, 0.2) is 30.7 Å². The molecule has 9 rings (SSSR count). The molecule has 0 radical (unpaired) electrons. The van der Waals surface area contributed by atoms with E-state index in [0.717, 1.165) is 49.5 Å². The van der Waals surface area contributed by atoms with Crippen molar-refractivity contribution in [1.82, 2.24) is 29.7 Å². The summed E-state index contributed by atoms with van der Waals surface area (Å²) in [5, 5.41) is 4.82. The fourth-order valence-corrected chi connectivity index (χ4v) is 9.25. The first kappa shape index (κ1) is 35.5. The lowest BCUT2D eigenvalue weighted by molar-refractivity contribution is -0.124. The van der Waals surface area contributed by atoms with Gasteiger partial charge in [-0.3, -0.25) is 19.5 Å². The summed E-state index contributed by atoms with van der Waals surface area (Å²) in [6, 6.07) is 4.84. The third kappa shape index (κ3) is 5.51. The minimum atomic E-state index is -1.42. The van der Waals surface area contributed by atoms with Crippen molar-refractivity contribution in [1.29, 1.82) is 0 Å². The second kappa shape index (κ2) is 12.1. The number of nitrogens with one attached hydrogen (secondary N) is 2. The summed E-state index contributed by atoms with van der Waals surface area (Å²) in [5.74, 6) is -1.61. The van der Waals surface area contributed by atoms with E-state index in [1.165, 1.54) is 12.8 Å². The standard InChI is InChI=1S/C40H44ClF3N8O2/c1-20(2)51-19-46-28-13-26(47-35(33(28)51)48-27-12-25(30(41)32(44)31(27)43)36(53)49-40(18-42)7-8-40)22-11-29-34(45-16-22)38(3,4)37(54)52(29)24-14-39(5,15-24)50-9-6-21-10-23(21)17-50/h11-13,16,19-21,23-24H,6-10,14-15,17-18H2,1-5H3,(H,47,48)(H,49,53)/t21?,23-,24-,39+/m0/s1. The predicted molar refractivity (Wildman–Crippen MR) is 201 cm³/mol. The van der Waals surface area contributed by atoms with Crippen molar-refractivity contribution in [3.8, 4) is 11.3 Å². The third-order valence-electron chi connectivity index (χ3n) is 12.8. The summed E-state index contributed by atoms with van der Waals surface area (Å²) in [5.41, 5.74) is 1.11. The number of piperidine rings is 1. The Morgan fingerprint density at radius 2 is 1.83 bits per heavy atom. The Bertz CT molecular complexity index is 2250. The van der Waals surface area contributed by atoms with Crippen molar-refractivity contribution in [3.05, 3.63) is 58.6 Å². The van der Waals surface area contributed by atoms with Gasteiger partial charge in [-0.2, -0.15) is 0 Å². The first-order valence-corrected chi connectivity index (χ1v) is 19.3. The Morgan fingerprint density at radius 1 is 1.07 bits per heavy atom. The number of imidazole rings is 1. The highest BCUT2D eigenvalue weighted by molar-refractivity contribution is 6.34. The van der Waals surface area contributed by atoms with Crippen LogP contribution in [0.2, 0.25) is 5.02 Å². The van der Waals surface area contributed by atoms with Crippen molar-refractivity contribution in [2.24, 2.45) is 11.8 Å². The molecule has 5 heterocycles. The molecule has 1 saturated heterocycles. The van der Waals surface area contributed by atoms with Crippen LogP contribution in [0.5, 0.6) is 0 Å². The maximum Gasteiger partial charge on any atom is 0.253 e. The molecule has 4 fully saturated rings. The van der Waals surface area contributed by atoms with E-state index in [9.17, 15) is 14.0 Å². The number of carbonyl (C=O) groups excluding carboxylic acids is 2. The number of benzene rings is 1. The molecule has 1 unspecified atom stereocenters. The van der Waals surface area contributed by atoms with Crippen LogP contribution in [-0.2, 0) is 10.2 Å². The van der Waals surface area contributed by atoms with Crippen LogP contribution >= 0.6 is 11.6 Å². The zero-order valence-corrected chi connectivity index (χ0v) is 31.8. The minimum absolute atomic E-state index is 0.0238. The molecule has 10 nitrogen and oxygen atoms in total. The molecule has 2 N–H and O–H groups in total. The quantitative estimate of drug-likeness (QED) is 0.167. The molecule has 54 heavy (non-hydrogen) atoms. The molecule has 2 amide bonds. The Balaban J connectivity index is 1.08. The van der Waals surface area contributed by atoms with Gasteiger partial charge in [0.2, 0.25) is 5.91 Å². The molecule has 2 aliphatic heterocycles. The summed E-state index contributed by atoms with van der Waals surface area (Å²) in [7, 11) is 0. The minimum Gasteiger partial charge on any atom is -0.344 e. The molecule has 0 bridgehead atoms. The normalized spacial score (nSPS) is 26.4. The van der Waals surface area contributed by atoms with Gasteiger partial charge in [-0.05, 0) is 110 Å². The molecule has 14 heteroatoms. The summed E-state index contributed by atoms with van der Waals surface area (Å²) < 4.78 is 46.4. The van der Waals surface area contributed by atoms with Crippen molar-refractivity contribution in [3.63, 3.8) is 0 Å². The third-order valence-corrected chi connectivity index (χ3v) is 13.2. The van der Waals surface area contributed by atoms with E-state index in [2.05, 4.69) is 27.4 Å². The first-order chi connectivity index (χ1) is 25.6. The van der Waals surface area contributed by atoms with Gasteiger partial charge in [0.05, 0.1) is 56.1 Å². The predicted octanol–water partition coefficient (Wildman–Crippen LogP) is 7.87. The van der Waals surface area contributed by atoms with Crippen LogP contribution in [0.25, 0.3) is 22.3 Å². The van der Waals surface area contributed by atoms with Crippen LogP contribution in [0.3, 0.4) is 0 Å². The highest BCUT2D eigenvalue weighted by Crippen LogP contribution is 2.53. The van der Waals surface area contributed by atoms with Gasteiger partial charge in [-0.15, -0.1) is 0 Å². The number of hydrogen-bond acceptors (Lipinski definition) is 7. The number of likely N-dealkylation sites (tertiary alicyclic amines) is 1. The van der Waals surface area contributed by atoms with E-state index >= 15 is 8.78 Å². The van der Waals surface area contributed by atoms with E-state index in [1.54, 1.807) is 18.6 Å². The highest BCUT2D eigenvalue weighted by Gasteiger charge is 2.56. The molecule has 284 valence electrons. The Kier molecular flexibility index (Phi) is 7.97. The number of rotatable bonds is 9. The van der Waals surface area contributed by atoms with Gasteiger partial charge < -0.3 is 20.1 Å². The smallest absolute Gasteiger partial charge is 0.253 e. The lowest BCUT2D eigenvalue weighted by atomic mass is 9.71. The highest BCUT2D eigenvalue weighted by atomic mass is 35.5. The fourth-order valence-electron chi connectivity index (χ4n) is 9.03. The fraction of sp³-hybridized carbons (Fsp3) is 0.525. The van der Waals surface area contributed by atoms with Gasteiger partial charge in [0, 0.05) is 35.9 Å². The first-order valence-electron chi connectivity index (χ1n) is 18.9. The number of fused-ring (bicyclic) bond motifs is 3. The molecular formula is C40H44ClF3N8O2. The molecule has 0 spiro atoms. The van der Waals surface area contributed by atoms with Crippen molar-refractivity contribution in [2.75, 3.05) is 30.0 Å². The zero-order chi connectivity index (χ0) is 38.1. The number of nitrogens with zero attached hydrogens (tertiary/aromatic N) is 6. The van der Waals surface area contributed by atoms with Crippen LogP contribution in [0.4, 0.5) is 30.4 Å². The van der Waals surface area contributed by atoms with Gasteiger partial charge >= 0.3 is 0 Å². The van der Waals surface area contributed by atoms with Crippen molar-refractivity contribution < 1.29 is 22.8 Å².